The number of nitrogens with zero attached hydrogens (tertiary/aromatic N) is 2. The summed E-state index contributed by atoms with van der Waals surface area (Å²) in [4.78, 5) is 27.4. The fraction of sp³-hybridized carbons (Fsp3) is 0.429. The van der Waals surface area contributed by atoms with Gasteiger partial charge in [0.15, 0.2) is 11.6 Å². The van der Waals surface area contributed by atoms with Gasteiger partial charge in [-0.2, -0.15) is 4.98 Å². The summed E-state index contributed by atoms with van der Waals surface area (Å²) in [6.45, 7) is 1.69. The van der Waals surface area contributed by atoms with E-state index in [0.29, 0.717) is 24.6 Å². The third-order valence-corrected chi connectivity index (χ3v) is 3.84. The number of furan rings is 1. The van der Waals surface area contributed by atoms with Gasteiger partial charge in [0.25, 0.3) is 5.91 Å². The Morgan fingerprint density at radius 1 is 1.36 bits per heavy atom. The Morgan fingerprint density at radius 2 is 2.09 bits per heavy atom. The van der Waals surface area contributed by atoms with Crippen molar-refractivity contribution in [2.45, 2.75) is 38.1 Å². The number of carboxylic acids is 1. The van der Waals surface area contributed by atoms with Crippen molar-refractivity contribution in [3.63, 3.8) is 0 Å². The number of rotatable bonds is 4. The zero-order valence-corrected chi connectivity index (χ0v) is 12.0. The Balaban J connectivity index is 1.84. The molecule has 8 nitrogen and oxygen atoms in total. The van der Waals surface area contributed by atoms with Gasteiger partial charge < -0.3 is 19.4 Å². The molecule has 1 aliphatic rings. The Bertz CT molecular complexity index is 712. The summed E-state index contributed by atoms with van der Waals surface area (Å²) in [5, 5.41) is 15.7. The number of hydrogen-bond acceptors (Lipinski definition) is 6. The van der Waals surface area contributed by atoms with Gasteiger partial charge in [0.05, 0.1) is 5.56 Å². The molecule has 2 heterocycles. The molecule has 0 atom stereocenters. The molecule has 2 aromatic heterocycles. The molecule has 1 saturated carbocycles. The molecule has 3 rings (SSSR count). The lowest BCUT2D eigenvalue weighted by molar-refractivity contribution is 0.0695. The van der Waals surface area contributed by atoms with Crippen LogP contribution in [0.15, 0.2) is 21.3 Å². The Morgan fingerprint density at radius 3 is 2.64 bits per heavy atom. The molecular weight excluding hydrogens is 290 g/mol. The number of nitrogens with one attached hydrogen (secondary N) is 1. The van der Waals surface area contributed by atoms with E-state index < -0.39 is 17.4 Å². The largest absolute Gasteiger partial charge is 0.478 e. The number of aryl methyl sites for hydroxylation is 1. The summed E-state index contributed by atoms with van der Waals surface area (Å²) < 4.78 is 10.0. The quantitative estimate of drug-likeness (QED) is 0.884. The standard InChI is InChI=1S/C14H15N3O5/c1-8-15-13(17-22-8)14(4-2-3-5-14)16-11(18)10-6-9(7-21-10)12(19)20/h6-7H,2-5H2,1H3,(H,16,18)(H,19,20). The third-order valence-electron chi connectivity index (χ3n) is 3.84. The van der Waals surface area contributed by atoms with Gasteiger partial charge in [-0.15, -0.1) is 0 Å². The highest BCUT2D eigenvalue weighted by molar-refractivity contribution is 5.95. The minimum Gasteiger partial charge on any atom is -0.478 e. The van der Waals surface area contributed by atoms with Crippen molar-refractivity contribution in [2.24, 2.45) is 0 Å². The lowest BCUT2D eigenvalue weighted by Crippen LogP contribution is -2.44. The molecule has 2 aromatic rings. The van der Waals surface area contributed by atoms with E-state index in [1.165, 1.54) is 6.07 Å². The Hall–Kier alpha value is -2.64. The minimum atomic E-state index is -1.15. The maximum absolute atomic E-state index is 12.3. The van der Waals surface area contributed by atoms with Gasteiger partial charge >= 0.3 is 5.97 Å². The first-order chi connectivity index (χ1) is 10.5. The zero-order valence-electron chi connectivity index (χ0n) is 12.0. The fourth-order valence-corrected chi connectivity index (χ4v) is 2.72. The van der Waals surface area contributed by atoms with Crippen LogP contribution in [0.25, 0.3) is 0 Å². The lowest BCUT2D eigenvalue weighted by atomic mass is 9.96. The van der Waals surface area contributed by atoms with E-state index >= 15 is 0 Å². The van der Waals surface area contributed by atoms with Crippen LogP contribution in [0.5, 0.6) is 0 Å². The lowest BCUT2D eigenvalue weighted by Gasteiger charge is -2.26. The number of carbonyl (C=O) groups is 2. The molecule has 1 fully saturated rings. The summed E-state index contributed by atoms with van der Waals surface area (Å²) >= 11 is 0. The Kier molecular flexibility index (Phi) is 3.44. The molecule has 0 aromatic carbocycles. The number of hydrogen-bond donors (Lipinski definition) is 2. The van der Waals surface area contributed by atoms with E-state index in [0.717, 1.165) is 19.1 Å². The van der Waals surface area contributed by atoms with Gasteiger partial charge in [-0.25, -0.2) is 4.79 Å². The Labute approximate surface area is 125 Å². The number of carboxylic acid groups (broad SMARTS) is 1. The second-order valence-corrected chi connectivity index (χ2v) is 5.39. The van der Waals surface area contributed by atoms with Crippen molar-refractivity contribution in [2.75, 3.05) is 0 Å². The van der Waals surface area contributed by atoms with Crippen LogP contribution in [0, 0.1) is 6.92 Å². The van der Waals surface area contributed by atoms with Gasteiger partial charge in [-0.3, -0.25) is 4.79 Å². The number of aromatic carboxylic acids is 1. The third kappa shape index (κ3) is 2.47. The second-order valence-electron chi connectivity index (χ2n) is 5.39. The topological polar surface area (TPSA) is 118 Å². The average molecular weight is 305 g/mol. The zero-order chi connectivity index (χ0) is 15.7. The summed E-state index contributed by atoms with van der Waals surface area (Å²) in [6.07, 6.45) is 4.31. The molecule has 0 bridgehead atoms. The van der Waals surface area contributed by atoms with Crippen molar-refractivity contribution in [1.29, 1.82) is 0 Å². The van der Waals surface area contributed by atoms with E-state index in [4.69, 9.17) is 14.0 Å². The predicted molar refractivity (Wildman–Crippen MR) is 72.3 cm³/mol. The monoisotopic (exact) mass is 305 g/mol. The normalized spacial score (nSPS) is 16.6. The second kappa shape index (κ2) is 5.28. The van der Waals surface area contributed by atoms with Crippen LogP contribution >= 0.6 is 0 Å². The molecule has 0 radical (unpaired) electrons. The highest BCUT2D eigenvalue weighted by Gasteiger charge is 2.41. The van der Waals surface area contributed by atoms with Crippen LogP contribution in [-0.2, 0) is 5.54 Å². The molecule has 22 heavy (non-hydrogen) atoms. The van der Waals surface area contributed by atoms with Crippen LogP contribution in [0.3, 0.4) is 0 Å². The van der Waals surface area contributed by atoms with Crippen LogP contribution in [0.1, 0.15) is 58.3 Å². The molecule has 2 N–H and O–H groups in total. The van der Waals surface area contributed by atoms with Crippen molar-refractivity contribution in [1.82, 2.24) is 15.5 Å². The van der Waals surface area contributed by atoms with E-state index in [1.807, 2.05) is 0 Å². The molecule has 1 aliphatic carbocycles. The molecule has 1 amide bonds. The average Bonchev–Trinajstić information content (AvgIpc) is 3.17. The summed E-state index contributed by atoms with van der Waals surface area (Å²) in [5.41, 5.74) is -0.758. The molecular formula is C14H15N3O5. The molecule has 0 saturated heterocycles. The van der Waals surface area contributed by atoms with Gasteiger partial charge in [0.2, 0.25) is 5.89 Å². The van der Waals surface area contributed by atoms with Crippen LogP contribution < -0.4 is 5.32 Å². The smallest absolute Gasteiger partial charge is 0.338 e. The highest BCUT2D eigenvalue weighted by Crippen LogP contribution is 2.37. The van der Waals surface area contributed by atoms with Crippen molar-refractivity contribution >= 4 is 11.9 Å². The fourth-order valence-electron chi connectivity index (χ4n) is 2.72. The highest BCUT2D eigenvalue weighted by atomic mass is 16.5. The SMILES string of the molecule is Cc1nc(C2(NC(=O)c3cc(C(=O)O)co3)CCCC2)no1. The van der Waals surface area contributed by atoms with Gasteiger partial charge in [-0.1, -0.05) is 18.0 Å². The number of amides is 1. The van der Waals surface area contributed by atoms with E-state index in [1.54, 1.807) is 6.92 Å². The molecule has 8 heteroatoms. The summed E-state index contributed by atoms with van der Waals surface area (Å²) in [6, 6.07) is 1.20. The first-order valence-corrected chi connectivity index (χ1v) is 6.95. The summed E-state index contributed by atoms with van der Waals surface area (Å²) in [7, 11) is 0. The minimum absolute atomic E-state index is 0.0520. The van der Waals surface area contributed by atoms with Crippen molar-refractivity contribution in [3.8, 4) is 0 Å². The van der Waals surface area contributed by atoms with E-state index in [-0.39, 0.29) is 11.3 Å². The molecule has 0 aliphatic heterocycles. The maximum Gasteiger partial charge on any atom is 0.338 e. The molecule has 116 valence electrons. The first kappa shape index (κ1) is 14.3. The van der Waals surface area contributed by atoms with Gasteiger partial charge in [0, 0.05) is 13.0 Å². The van der Waals surface area contributed by atoms with Gasteiger partial charge in [-0.05, 0) is 12.8 Å². The van der Waals surface area contributed by atoms with Crippen molar-refractivity contribution in [3.05, 3.63) is 35.4 Å². The van der Waals surface area contributed by atoms with E-state index in [2.05, 4.69) is 15.5 Å². The first-order valence-electron chi connectivity index (χ1n) is 6.95. The van der Waals surface area contributed by atoms with E-state index in [9.17, 15) is 9.59 Å². The van der Waals surface area contributed by atoms with Crippen LogP contribution in [-0.4, -0.2) is 27.1 Å². The predicted octanol–water partition coefficient (Wildman–Crippen LogP) is 1.87. The molecule has 0 unspecified atom stereocenters. The maximum atomic E-state index is 12.3. The van der Waals surface area contributed by atoms with Crippen LogP contribution in [0.2, 0.25) is 0 Å². The summed E-state index contributed by atoms with van der Waals surface area (Å²) in [5.74, 6) is -0.810. The van der Waals surface area contributed by atoms with Crippen molar-refractivity contribution < 1.29 is 23.6 Å². The number of carbonyl (C=O) groups excluding carboxylic acids is 1. The van der Waals surface area contributed by atoms with Crippen LogP contribution in [0.4, 0.5) is 0 Å². The number of aromatic nitrogens is 2. The van der Waals surface area contributed by atoms with Gasteiger partial charge in [0.1, 0.15) is 11.8 Å². The molecule has 0 spiro atoms.